The minimum absolute atomic E-state index is 0.976. The number of nitrogens with zero attached hydrogens (tertiary/aromatic N) is 1. The molecule has 0 atom stereocenters. The van der Waals surface area contributed by atoms with Crippen LogP contribution in [0.1, 0.15) is 55.5 Å². The van der Waals surface area contributed by atoms with E-state index in [1.807, 2.05) is 69.6 Å². The van der Waals surface area contributed by atoms with Gasteiger partial charge in [-0.25, -0.2) is 0 Å². The lowest BCUT2D eigenvalue weighted by molar-refractivity contribution is 1.29. The van der Waals surface area contributed by atoms with E-state index in [-0.39, 0.29) is 0 Å². The van der Waals surface area contributed by atoms with Gasteiger partial charge in [0.25, 0.3) is 0 Å². The van der Waals surface area contributed by atoms with E-state index in [2.05, 4.69) is 118 Å². The van der Waals surface area contributed by atoms with Crippen molar-refractivity contribution in [2.45, 2.75) is 34.6 Å². The zero-order valence-corrected chi connectivity index (χ0v) is 27.3. The number of fused-ring (bicyclic) bond motifs is 1. The van der Waals surface area contributed by atoms with Crippen molar-refractivity contribution >= 4 is 34.6 Å². The van der Waals surface area contributed by atoms with Crippen molar-refractivity contribution < 1.29 is 0 Å². The Bertz CT molecular complexity index is 1940. The molecule has 0 saturated heterocycles. The Kier molecular flexibility index (Phi) is 10.8. The quantitative estimate of drug-likeness (QED) is 0.157. The van der Waals surface area contributed by atoms with Gasteiger partial charge in [0, 0.05) is 18.0 Å². The molecule has 4 aromatic carbocycles. The largest absolute Gasteiger partial charge is 0.264 e. The number of allylic oxidation sites excluding steroid dienone is 5. The van der Waals surface area contributed by atoms with E-state index in [0.29, 0.717) is 0 Å². The van der Waals surface area contributed by atoms with Crippen LogP contribution in [0.5, 0.6) is 0 Å². The van der Waals surface area contributed by atoms with Crippen LogP contribution >= 0.6 is 0 Å². The smallest absolute Gasteiger partial charge is 0.0349 e. The number of hydrogen-bond donors (Lipinski definition) is 0. The SMILES string of the molecule is C=Cc1c(C(=C)/C(C)=C/C=C\C)cccc1-c1c(C=C)c(C=C)c(-c2ccc(-c3cnccc3C)cc2)c2ccccc12.CC. The molecule has 5 aromatic rings. The van der Waals surface area contributed by atoms with E-state index in [1.54, 1.807) is 0 Å². The van der Waals surface area contributed by atoms with Crippen LogP contribution in [0.25, 0.3) is 68.0 Å². The van der Waals surface area contributed by atoms with Gasteiger partial charge < -0.3 is 0 Å². The molecule has 0 spiro atoms. The van der Waals surface area contributed by atoms with Crippen molar-refractivity contribution in [3.05, 3.63) is 163 Å². The lowest BCUT2D eigenvalue weighted by Crippen LogP contribution is -1.99. The first-order chi connectivity index (χ1) is 21.9. The summed E-state index contributed by atoms with van der Waals surface area (Å²) >= 11 is 0. The molecule has 0 bridgehead atoms. The molecular formula is C44H43N. The standard InChI is InChI=1S/C42H37N.C2H6/c1-8-12-16-28(5)30(7)36-19-15-20-37(33(36)9-2)42-35(11-4)34(10-3)41(38-17-13-14-18-39(38)42)32-23-21-31(22-24-32)40-27-43-26-25-29(40)6;1-2/h8-27H,2-4,7H2,1,5-6H3;1-2H3/b12-8-,28-16+;. The summed E-state index contributed by atoms with van der Waals surface area (Å²) in [5.74, 6) is 0. The first-order valence-electron chi connectivity index (χ1n) is 15.5. The van der Waals surface area contributed by atoms with Crippen LogP contribution in [0, 0.1) is 6.92 Å². The van der Waals surface area contributed by atoms with Gasteiger partial charge in [0.15, 0.2) is 0 Å². The summed E-state index contributed by atoms with van der Waals surface area (Å²) < 4.78 is 0. The highest BCUT2D eigenvalue weighted by molar-refractivity contribution is 6.12. The minimum atomic E-state index is 0.976. The summed E-state index contributed by atoms with van der Waals surface area (Å²) in [5, 5.41) is 2.31. The highest BCUT2D eigenvalue weighted by Crippen LogP contribution is 2.45. The molecule has 0 N–H and O–H groups in total. The van der Waals surface area contributed by atoms with Gasteiger partial charge in [0.2, 0.25) is 0 Å². The van der Waals surface area contributed by atoms with Crippen LogP contribution in [0.3, 0.4) is 0 Å². The molecule has 0 saturated carbocycles. The third-order valence-electron chi connectivity index (χ3n) is 8.15. The summed E-state index contributed by atoms with van der Waals surface area (Å²) in [6.07, 6.45) is 15.8. The highest BCUT2D eigenvalue weighted by atomic mass is 14.6. The zero-order valence-electron chi connectivity index (χ0n) is 27.3. The number of pyridine rings is 1. The summed E-state index contributed by atoms with van der Waals surface area (Å²) in [7, 11) is 0. The average molecular weight is 586 g/mol. The molecule has 0 radical (unpaired) electrons. The third kappa shape index (κ3) is 6.35. The number of aryl methyl sites for hydroxylation is 1. The van der Waals surface area contributed by atoms with Gasteiger partial charge >= 0.3 is 0 Å². The van der Waals surface area contributed by atoms with E-state index in [0.717, 1.165) is 77.6 Å². The number of hydrogen-bond acceptors (Lipinski definition) is 1. The minimum Gasteiger partial charge on any atom is -0.264 e. The number of aromatic nitrogens is 1. The molecule has 5 rings (SSSR count). The maximum absolute atomic E-state index is 4.46. The van der Waals surface area contributed by atoms with E-state index in [4.69, 9.17) is 0 Å². The second-order valence-electron chi connectivity index (χ2n) is 10.6. The summed E-state index contributed by atoms with van der Waals surface area (Å²) in [5.41, 5.74) is 14.3. The first-order valence-corrected chi connectivity index (χ1v) is 15.5. The molecule has 0 aliphatic rings. The van der Waals surface area contributed by atoms with Crippen LogP contribution in [-0.2, 0) is 0 Å². The van der Waals surface area contributed by atoms with Gasteiger partial charge in [0.1, 0.15) is 0 Å². The summed E-state index contributed by atoms with van der Waals surface area (Å²) in [6, 6.07) is 25.8. The summed E-state index contributed by atoms with van der Waals surface area (Å²) in [6.45, 7) is 27.5. The molecule has 0 amide bonds. The molecule has 0 aliphatic heterocycles. The molecule has 1 nitrogen and oxygen atoms in total. The van der Waals surface area contributed by atoms with E-state index >= 15 is 0 Å². The van der Waals surface area contributed by atoms with Crippen molar-refractivity contribution in [3.8, 4) is 33.4 Å². The van der Waals surface area contributed by atoms with Crippen molar-refractivity contribution in [1.29, 1.82) is 0 Å². The fourth-order valence-electron chi connectivity index (χ4n) is 5.91. The van der Waals surface area contributed by atoms with Gasteiger partial charge in [-0.3, -0.25) is 4.98 Å². The highest BCUT2D eigenvalue weighted by Gasteiger charge is 2.21. The molecule has 45 heavy (non-hydrogen) atoms. The molecule has 0 aliphatic carbocycles. The lowest BCUT2D eigenvalue weighted by Gasteiger charge is -2.22. The molecule has 0 fully saturated rings. The van der Waals surface area contributed by atoms with E-state index in [1.165, 1.54) is 5.56 Å². The van der Waals surface area contributed by atoms with Gasteiger partial charge in [-0.15, -0.1) is 0 Å². The Hall–Kier alpha value is -5.27. The predicted molar refractivity (Wildman–Crippen MR) is 202 cm³/mol. The molecular weight excluding hydrogens is 542 g/mol. The van der Waals surface area contributed by atoms with Crippen molar-refractivity contribution in [3.63, 3.8) is 0 Å². The number of rotatable bonds is 9. The topological polar surface area (TPSA) is 12.9 Å². The average Bonchev–Trinajstić information content (AvgIpc) is 3.09. The number of benzene rings is 4. The van der Waals surface area contributed by atoms with Crippen molar-refractivity contribution in [2.24, 2.45) is 0 Å². The molecule has 224 valence electrons. The maximum atomic E-state index is 4.46. The van der Waals surface area contributed by atoms with Crippen LogP contribution in [-0.4, -0.2) is 4.98 Å². The van der Waals surface area contributed by atoms with Gasteiger partial charge in [-0.1, -0.05) is 143 Å². The van der Waals surface area contributed by atoms with Crippen molar-refractivity contribution in [2.75, 3.05) is 0 Å². The first kappa shape index (κ1) is 32.6. The Balaban J connectivity index is 0.00000226. The Morgan fingerprint density at radius 1 is 0.689 bits per heavy atom. The van der Waals surface area contributed by atoms with Crippen molar-refractivity contribution in [1.82, 2.24) is 4.98 Å². The molecule has 0 unspecified atom stereocenters. The monoisotopic (exact) mass is 585 g/mol. The lowest BCUT2D eigenvalue weighted by atomic mass is 9.81. The second-order valence-corrected chi connectivity index (χ2v) is 10.6. The van der Waals surface area contributed by atoms with Crippen LogP contribution in [0.2, 0.25) is 0 Å². The van der Waals surface area contributed by atoms with Crippen LogP contribution in [0.15, 0.2) is 135 Å². The van der Waals surface area contributed by atoms with Gasteiger partial charge in [-0.2, -0.15) is 0 Å². The normalized spacial score (nSPS) is 11.2. The molecule has 1 heteroatoms. The fraction of sp³-hybridized carbons (Fsp3) is 0.114. The van der Waals surface area contributed by atoms with E-state index in [9.17, 15) is 0 Å². The van der Waals surface area contributed by atoms with E-state index < -0.39 is 0 Å². The third-order valence-corrected chi connectivity index (χ3v) is 8.15. The van der Waals surface area contributed by atoms with Crippen LogP contribution < -0.4 is 0 Å². The van der Waals surface area contributed by atoms with Crippen LogP contribution in [0.4, 0.5) is 0 Å². The Morgan fingerprint density at radius 3 is 1.89 bits per heavy atom. The Morgan fingerprint density at radius 2 is 1.29 bits per heavy atom. The van der Waals surface area contributed by atoms with Gasteiger partial charge in [0.05, 0.1) is 0 Å². The van der Waals surface area contributed by atoms with Gasteiger partial charge in [-0.05, 0) is 104 Å². The fourth-order valence-corrected chi connectivity index (χ4v) is 5.91. The molecule has 1 heterocycles. The summed E-state index contributed by atoms with van der Waals surface area (Å²) in [4.78, 5) is 4.34. The predicted octanol–water partition coefficient (Wildman–Crippen LogP) is 13.0. The zero-order chi connectivity index (χ0) is 32.5. The Labute approximate surface area is 270 Å². The second kappa shape index (κ2) is 14.9. The molecule has 1 aromatic heterocycles. The maximum Gasteiger partial charge on any atom is 0.0349 e.